The van der Waals surface area contributed by atoms with Crippen LogP contribution in [0.25, 0.3) is 22.6 Å². The third-order valence-corrected chi connectivity index (χ3v) is 5.93. The van der Waals surface area contributed by atoms with Crippen molar-refractivity contribution in [3.05, 3.63) is 93.8 Å². The van der Waals surface area contributed by atoms with E-state index in [1.165, 1.54) is 22.0 Å². The lowest BCUT2D eigenvalue weighted by Gasteiger charge is -2.19. The van der Waals surface area contributed by atoms with Crippen LogP contribution >= 0.6 is 11.3 Å². The van der Waals surface area contributed by atoms with Crippen molar-refractivity contribution in [1.82, 2.24) is 4.57 Å². The first-order valence-electron chi connectivity index (χ1n) is 9.77. The van der Waals surface area contributed by atoms with Crippen molar-refractivity contribution in [2.24, 2.45) is 0 Å². The highest BCUT2D eigenvalue weighted by atomic mass is 32.1. The molecule has 2 heterocycles. The number of para-hydroxylation sites is 1. The monoisotopic (exact) mass is 396 g/mol. The summed E-state index contributed by atoms with van der Waals surface area (Å²) in [7, 11) is 0. The number of fused-ring (bicyclic) bond motifs is 1. The van der Waals surface area contributed by atoms with Crippen molar-refractivity contribution in [3.8, 4) is 6.07 Å². The minimum atomic E-state index is 0.159. The summed E-state index contributed by atoms with van der Waals surface area (Å²) in [5.74, 6) is 0. The molecule has 0 unspecified atom stereocenters. The molecule has 0 amide bonds. The Bertz CT molecular complexity index is 1190. The summed E-state index contributed by atoms with van der Waals surface area (Å²) in [5.41, 5.74) is 6.71. The van der Waals surface area contributed by atoms with Gasteiger partial charge in [-0.05, 0) is 45.5 Å². The third kappa shape index (κ3) is 4.04. The Balaban J connectivity index is 1.72. The molecule has 0 saturated carbocycles. The molecule has 29 heavy (non-hydrogen) atoms. The molecule has 0 saturated heterocycles. The van der Waals surface area contributed by atoms with Gasteiger partial charge in [-0.3, -0.25) is 0 Å². The average Bonchev–Trinajstić information content (AvgIpc) is 3.35. The molecule has 2 nitrogen and oxygen atoms in total. The van der Waals surface area contributed by atoms with E-state index < -0.39 is 0 Å². The SMILES string of the molecule is CC(C)(C)c1ccc(Cn2cc(/C=C(\C#N)c3ccsc3)c3ccccc32)cc1. The van der Waals surface area contributed by atoms with Gasteiger partial charge in [-0.25, -0.2) is 0 Å². The fraction of sp³-hybridized carbons (Fsp3) is 0.192. The molecule has 0 aliphatic carbocycles. The molecular formula is C26H24N2S. The van der Waals surface area contributed by atoms with E-state index in [1.807, 2.05) is 22.9 Å². The average molecular weight is 397 g/mol. The Morgan fingerprint density at radius 3 is 2.48 bits per heavy atom. The molecular weight excluding hydrogens is 372 g/mol. The number of benzene rings is 2. The van der Waals surface area contributed by atoms with Crippen LogP contribution in [0.3, 0.4) is 0 Å². The zero-order chi connectivity index (χ0) is 20.4. The van der Waals surface area contributed by atoms with Crippen molar-refractivity contribution in [3.63, 3.8) is 0 Å². The minimum Gasteiger partial charge on any atom is -0.342 e. The standard InChI is InChI=1S/C26H24N2S/c1-26(2,3)23-10-8-19(9-11-23)16-28-17-22(24-6-4-5-7-25(24)28)14-21(15-27)20-12-13-29-18-20/h4-14,17-18H,16H2,1-3H3/b21-14+. The van der Waals surface area contributed by atoms with Crippen LogP contribution in [-0.2, 0) is 12.0 Å². The van der Waals surface area contributed by atoms with Crippen molar-refractivity contribution < 1.29 is 0 Å². The molecule has 4 aromatic rings. The molecule has 0 spiro atoms. The number of nitrogens with zero attached hydrogens (tertiary/aromatic N) is 2. The van der Waals surface area contributed by atoms with Gasteiger partial charge in [0.15, 0.2) is 0 Å². The van der Waals surface area contributed by atoms with Crippen LogP contribution in [0.2, 0.25) is 0 Å². The topological polar surface area (TPSA) is 28.7 Å². The summed E-state index contributed by atoms with van der Waals surface area (Å²) in [5, 5.41) is 14.8. The van der Waals surface area contributed by atoms with Crippen molar-refractivity contribution in [2.45, 2.75) is 32.7 Å². The Morgan fingerprint density at radius 2 is 1.83 bits per heavy atom. The van der Waals surface area contributed by atoms with E-state index in [2.05, 4.69) is 86.1 Å². The van der Waals surface area contributed by atoms with Crippen LogP contribution in [0.4, 0.5) is 0 Å². The Kier molecular flexibility index (Phi) is 5.13. The van der Waals surface area contributed by atoms with Gasteiger partial charge in [0.25, 0.3) is 0 Å². The van der Waals surface area contributed by atoms with Gasteiger partial charge in [0.1, 0.15) is 0 Å². The zero-order valence-corrected chi connectivity index (χ0v) is 17.8. The Morgan fingerprint density at radius 1 is 1.07 bits per heavy atom. The predicted molar refractivity (Wildman–Crippen MR) is 124 cm³/mol. The molecule has 0 fully saturated rings. The van der Waals surface area contributed by atoms with Crippen LogP contribution in [0, 0.1) is 11.3 Å². The predicted octanol–water partition coefficient (Wildman–Crippen LogP) is 7.11. The summed E-state index contributed by atoms with van der Waals surface area (Å²) < 4.78 is 2.27. The third-order valence-electron chi connectivity index (χ3n) is 5.24. The van der Waals surface area contributed by atoms with Gasteiger partial charge in [-0.1, -0.05) is 63.2 Å². The summed E-state index contributed by atoms with van der Waals surface area (Å²) in [4.78, 5) is 0. The fourth-order valence-electron chi connectivity index (χ4n) is 3.58. The van der Waals surface area contributed by atoms with E-state index >= 15 is 0 Å². The summed E-state index contributed by atoms with van der Waals surface area (Å²) in [6, 6.07) is 21.6. The van der Waals surface area contributed by atoms with Crippen LogP contribution in [0.15, 0.2) is 71.6 Å². The van der Waals surface area contributed by atoms with Crippen LogP contribution in [0.1, 0.15) is 43.0 Å². The number of rotatable bonds is 4. The molecule has 4 rings (SSSR count). The Hall–Kier alpha value is -3.09. The van der Waals surface area contributed by atoms with Gasteiger partial charge in [0.05, 0.1) is 11.6 Å². The van der Waals surface area contributed by atoms with Crippen LogP contribution in [0.5, 0.6) is 0 Å². The van der Waals surface area contributed by atoms with Gasteiger partial charge in [-0.15, -0.1) is 0 Å². The molecule has 2 aromatic heterocycles. The second kappa shape index (κ2) is 7.73. The maximum absolute atomic E-state index is 9.64. The first-order chi connectivity index (χ1) is 14.0. The summed E-state index contributed by atoms with van der Waals surface area (Å²) >= 11 is 1.61. The van der Waals surface area contributed by atoms with Gasteiger partial charge >= 0.3 is 0 Å². The minimum absolute atomic E-state index is 0.159. The molecule has 0 aliphatic rings. The van der Waals surface area contributed by atoms with Gasteiger partial charge in [0.2, 0.25) is 0 Å². The van der Waals surface area contributed by atoms with Crippen molar-refractivity contribution >= 4 is 33.9 Å². The normalized spacial score (nSPS) is 12.3. The highest BCUT2D eigenvalue weighted by Crippen LogP contribution is 2.28. The molecule has 2 aromatic carbocycles. The molecule has 3 heteroatoms. The number of hydrogen-bond acceptors (Lipinski definition) is 2. The van der Waals surface area contributed by atoms with E-state index in [0.717, 1.165) is 17.7 Å². The lowest BCUT2D eigenvalue weighted by Crippen LogP contribution is -2.10. The summed E-state index contributed by atoms with van der Waals surface area (Å²) in [6.45, 7) is 7.51. The van der Waals surface area contributed by atoms with E-state index in [-0.39, 0.29) is 5.41 Å². The maximum atomic E-state index is 9.64. The number of aromatic nitrogens is 1. The van der Waals surface area contributed by atoms with Gasteiger partial charge < -0.3 is 4.57 Å². The van der Waals surface area contributed by atoms with E-state index in [9.17, 15) is 5.26 Å². The molecule has 0 bridgehead atoms. The quantitative estimate of drug-likeness (QED) is 0.338. The van der Waals surface area contributed by atoms with Gasteiger partial charge in [-0.2, -0.15) is 16.6 Å². The maximum Gasteiger partial charge on any atom is 0.0998 e. The molecule has 0 radical (unpaired) electrons. The van der Waals surface area contributed by atoms with E-state index in [4.69, 9.17) is 0 Å². The van der Waals surface area contributed by atoms with E-state index in [0.29, 0.717) is 5.57 Å². The number of nitriles is 1. The first-order valence-corrected chi connectivity index (χ1v) is 10.7. The first kappa shape index (κ1) is 19.2. The fourth-order valence-corrected chi connectivity index (χ4v) is 4.24. The second-order valence-corrected chi connectivity index (χ2v) is 9.14. The number of thiophene rings is 1. The van der Waals surface area contributed by atoms with Gasteiger partial charge in [0, 0.05) is 34.8 Å². The summed E-state index contributed by atoms with van der Waals surface area (Å²) in [6.07, 6.45) is 4.16. The second-order valence-electron chi connectivity index (χ2n) is 8.36. The smallest absolute Gasteiger partial charge is 0.0998 e. The largest absolute Gasteiger partial charge is 0.342 e. The lowest BCUT2D eigenvalue weighted by atomic mass is 9.87. The molecule has 144 valence electrons. The highest BCUT2D eigenvalue weighted by molar-refractivity contribution is 7.08. The Labute approximate surface area is 176 Å². The zero-order valence-electron chi connectivity index (χ0n) is 17.0. The molecule has 0 atom stereocenters. The van der Waals surface area contributed by atoms with Crippen LogP contribution in [-0.4, -0.2) is 4.57 Å². The lowest BCUT2D eigenvalue weighted by molar-refractivity contribution is 0.590. The van der Waals surface area contributed by atoms with Crippen LogP contribution < -0.4 is 0 Å². The molecule has 0 N–H and O–H groups in total. The highest BCUT2D eigenvalue weighted by Gasteiger charge is 2.13. The molecule has 0 aliphatic heterocycles. The van der Waals surface area contributed by atoms with Crippen molar-refractivity contribution in [1.29, 1.82) is 5.26 Å². The number of allylic oxidation sites excluding steroid dienone is 1. The van der Waals surface area contributed by atoms with E-state index in [1.54, 1.807) is 11.3 Å². The number of hydrogen-bond donors (Lipinski definition) is 0. The van der Waals surface area contributed by atoms with Crippen molar-refractivity contribution in [2.75, 3.05) is 0 Å².